The summed E-state index contributed by atoms with van der Waals surface area (Å²) >= 11 is 0. The van der Waals surface area contributed by atoms with Gasteiger partial charge in [-0.15, -0.1) is 0 Å². The third-order valence-corrected chi connectivity index (χ3v) is 4.13. The predicted octanol–water partition coefficient (Wildman–Crippen LogP) is 2.37. The van der Waals surface area contributed by atoms with Gasteiger partial charge in [0.05, 0.1) is 12.2 Å². The minimum atomic E-state index is -0.991. The van der Waals surface area contributed by atoms with Gasteiger partial charge in [-0.3, -0.25) is 4.68 Å². The van der Waals surface area contributed by atoms with E-state index in [0.29, 0.717) is 13.1 Å². The predicted molar refractivity (Wildman–Crippen MR) is 79.4 cm³/mol. The van der Waals surface area contributed by atoms with Crippen molar-refractivity contribution in [1.82, 2.24) is 15.1 Å². The standard InChI is InChI=1S/C16H18FN3O2/c1-2-11-7-18-8-13-14(11)15(16(21)22)19-20(13)9-10-3-5-12(17)6-4-10/h3-6,11,18H,2,7-9H2,1H3,(H,21,22). The molecule has 1 aliphatic heterocycles. The molecule has 1 aromatic carbocycles. The highest BCUT2D eigenvalue weighted by Crippen LogP contribution is 2.30. The summed E-state index contributed by atoms with van der Waals surface area (Å²) in [5.41, 5.74) is 2.79. The second kappa shape index (κ2) is 5.88. The third kappa shape index (κ3) is 2.62. The minimum Gasteiger partial charge on any atom is -0.476 e. The Labute approximate surface area is 127 Å². The van der Waals surface area contributed by atoms with Gasteiger partial charge in [0.25, 0.3) is 0 Å². The summed E-state index contributed by atoms with van der Waals surface area (Å²) in [4.78, 5) is 11.5. The van der Waals surface area contributed by atoms with Gasteiger partial charge in [0.1, 0.15) is 5.82 Å². The lowest BCUT2D eigenvalue weighted by molar-refractivity contribution is 0.0687. The van der Waals surface area contributed by atoms with Crippen LogP contribution in [-0.2, 0) is 13.1 Å². The maximum Gasteiger partial charge on any atom is 0.356 e. The average molecular weight is 303 g/mol. The summed E-state index contributed by atoms with van der Waals surface area (Å²) in [6.07, 6.45) is 0.864. The Morgan fingerprint density at radius 3 is 2.82 bits per heavy atom. The fourth-order valence-electron chi connectivity index (χ4n) is 2.99. The van der Waals surface area contributed by atoms with E-state index < -0.39 is 5.97 Å². The number of hydrogen-bond donors (Lipinski definition) is 2. The lowest BCUT2D eigenvalue weighted by atomic mass is 9.91. The first-order valence-corrected chi connectivity index (χ1v) is 7.38. The molecule has 5 nitrogen and oxygen atoms in total. The first-order chi connectivity index (χ1) is 10.6. The van der Waals surface area contributed by atoms with Crippen LogP contribution in [0.3, 0.4) is 0 Å². The van der Waals surface area contributed by atoms with Gasteiger partial charge >= 0.3 is 5.97 Å². The van der Waals surface area contributed by atoms with Crippen LogP contribution < -0.4 is 5.32 Å². The number of carboxylic acid groups (broad SMARTS) is 1. The van der Waals surface area contributed by atoms with Gasteiger partial charge < -0.3 is 10.4 Å². The number of carboxylic acids is 1. The van der Waals surface area contributed by atoms with E-state index in [0.717, 1.165) is 29.8 Å². The number of hydrogen-bond acceptors (Lipinski definition) is 3. The Morgan fingerprint density at radius 2 is 2.18 bits per heavy atom. The molecule has 0 aliphatic carbocycles. The van der Waals surface area contributed by atoms with Crippen molar-refractivity contribution in [2.75, 3.05) is 6.54 Å². The Morgan fingerprint density at radius 1 is 1.45 bits per heavy atom. The average Bonchev–Trinajstić information content (AvgIpc) is 2.89. The smallest absolute Gasteiger partial charge is 0.356 e. The highest BCUT2D eigenvalue weighted by molar-refractivity contribution is 5.87. The van der Waals surface area contributed by atoms with E-state index in [1.165, 1.54) is 12.1 Å². The van der Waals surface area contributed by atoms with E-state index >= 15 is 0 Å². The Hall–Kier alpha value is -2.21. The molecule has 6 heteroatoms. The largest absolute Gasteiger partial charge is 0.476 e. The third-order valence-electron chi connectivity index (χ3n) is 4.13. The monoisotopic (exact) mass is 303 g/mol. The molecule has 2 aromatic rings. The molecule has 1 aliphatic rings. The molecule has 2 heterocycles. The summed E-state index contributed by atoms with van der Waals surface area (Å²) in [6.45, 7) is 3.86. The molecule has 2 N–H and O–H groups in total. The van der Waals surface area contributed by atoms with Crippen molar-refractivity contribution < 1.29 is 14.3 Å². The lowest BCUT2D eigenvalue weighted by Crippen LogP contribution is -2.29. The number of halogens is 1. The van der Waals surface area contributed by atoms with E-state index in [1.54, 1.807) is 16.8 Å². The normalized spacial score (nSPS) is 17.3. The number of carbonyl (C=O) groups is 1. The van der Waals surface area contributed by atoms with Crippen molar-refractivity contribution in [3.63, 3.8) is 0 Å². The molecule has 3 rings (SSSR count). The number of aromatic carboxylic acids is 1. The maximum atomic E-state index is 13.0. The molecule has 1 atom stereocenters. The second-order valence-electron chi connectivity index (χ2n) is 5.53. The number of fused-ring (bicyclic) bond motifs is 1. The van der Waals surface area contributed by atoms with E-state index in [1.807, 2.05) is 6.92 Å². The summed E-state index contributed by atoms with van der Waals surface area (Å²) in [6, 6.07) is 6.18. The molecule has 1 unspecified atom stereocenters. The number of benzene rings is 1. The zero-order chi connectivity index (χ0) is 15.7. The van der Waals surface area contributed by atoms with Crippen molar-refractivity contribution in [2.24, 2.45) is 0 Å². The second-order valence-corrected chi connectivity index (χ2v) is 5.53. The fourth-order valence-corrected chi connectivity index (χ4v) is 2.99. The van der Waals surface area contributed by atoms with Crippen molar-refractivity contribution in [3.05, 3.63) is 52.6 Å². The van der Waals surface area contributed by atoms with Crippen LogP contribution in [-0.4, -0.2) is 27.4 Å². The van der Waals surface area contributed by atoms with Gasteiger partial charge in [0.2, 0.25) is 0 Å². The summed E-state index contributed by atoms with van der Waals surface area (Å²) < 4.78 is 14.7. The zero-order valence-electron chi connectivity index (χ0n) is 12.3. The van der Waals surface area contributed by atoms with Crippen LogP contribution in [0.5, 0.6) is 0 Å². The Bertz CT molecular complexity index is 694. The molecule has 0 bridgehead atoms. The van der Waals surface area contributed by atoms with Crippen molar-refractivity contribution in [3.8, 4) is 0 Å². The number of rotatable bonds is 4. The quantitative estimate of drug-likeness (QED) is 0.910. The van der Waals surface area contributed by atoms with Crippen LogP contribution in [0.4, 0.5) is 4.39 Å². The van der Waals surface area contributed by atoms with Crippen molar-refractivity contribution >= 4 is 5.97 Å². The van der Waals surface area contributed by atoms with Gasteiger partial charge in [-0.2, -0.15) is 5.10 Å². The van der Waals surface area contributed by atoms with E-state index in [9.17, 15) is 14.3 Å². The number of nitrogens with zero attached hydrogens (tertiary/aromatic N) is 2. The molecular weight excluding hydrogens is 285 g/mol. The first-order valence-electron chi connectivity index (χ1n) is 7.38. The van der Waals surface area contributed by atoms with Gasteiger partial charge in [-0.05, 0) is 24.1 Å². The van der Waals surface area contributed by atoms with Crippen LogP contribution in [0.25, 0.3) is 0 Å². The van der Waals surface area contributed by atoms with Gasteiger partial charge in [-0.1, -0.05) is 19.1 Å². The first kappa shape index (κ1) is 14.7. The van der Waals surface area contributed by atoms with Crippen LogP contribution in [0, 0.1) is 5.82 Å². The van der Waals surface area contributed by atoms with E-state index in [4.69, 9.17) is 0 Å². The molecule has 0 saturated heterocycles. The van der Waals surface area contributed by atoms with Gasteiger partial charge in [0.15, 0.2) is 5.69 Å². The number of nitrogens with one attached hydrogen (secondary N) is 1. The molecule has 22 heavy (non-hydrogen) atoms. The molecule has 1 aromatic heterocycles. The van der Waals surface area contributed by atoms with Crippen molar-refractivity contribution in [1.29, 1.82) is 0 Å². The highest BCUT2D eigenvalue weighted by atomic mass is 19.1. The summed E-state index contributed by atoms with van der Waals surface area (Å²) in [7, 11) is 0. The van der Waals surface area contributed by atoms with Gasteiger partial charge in [0, 0.05) is 24.6 Å². The minimum absolute atomic E-state index is 0.144. The summed E-state index contributed by atoms with van der Waals surface area (Å²) in [5.74, 6) is -1.11. The highest BCUT2D eigenvalue weighted by Gasteiger charge is 2.30. The van der Waals surface area contributed by atoms with Crippen molar-refractivity contribution in [2.45, 2.75) is 32.4 Å². The summed E-state index contributed by atoms with van der Waals surface area (Å²) in [5, 5.41) is 17.0. The van der Waals surface area contributed by atoms with Crippen LogP contribution in [0.15, 0.2) is 24.3 Å². The van der Waals surface area contributed by atoms with Crippen LogP contribution in [0.2, 0.25) is 0 Å². The zero-order valence-corrected chi connectivity index (χ0v) is 12.3. The molecule has 0 amide bonds. The molecular formula is C16H18FN3O2. The topological polar surface area (TPSA) is 67.2 Å². The van der Waals surface area contributed by atoms with E-state index in [-0.39, 0.29) is 17.4 Å². The molecule has 0 radical (unpaired) electrons. The SMILES string of the molecule is CCC1CNCc2c1c(C(=O)O)nn2Cc1ccc(F)cc1. The number of aromatic nitrogens is 2. The molecule has 0 saturated carbocycles. The molecule has 0 spiro atoms. The van der Waals surface area contributed by atoms with E-state index in [2.05, 4.69) is 10.4 Å². The van der Waals surface area contributed by atoms with Gasteiger partial charge in [-0.25, -0.2) is 9.18 Å². The molecule has 0 fully saturated rings. The fraction of sp³-hybridized carbons (Fsp3) is 0.375. The van der Waals surface area contributed by atoms with Crippen LogP contribution in [0.1, 0.15) is 46.6 Å². The Balaban J connectivity index is 2.01. The Kier molecular flexibility index (Phi) is 3.94. The van der Waals surface area contributed by atoms with Crippen LogP contribution >= 0.6 is 0 Å². The maximum absolute atomic E-state index is 13.0. The lowest BCUT2D eigenvalue weighted by Gasteiger charge is -2.23. The molecule has 116 valence electrons.